The Hall–Kier alpha value is -2.34. The zero-order valence-electron chi connectivity index (χ0n) is 12.6. The first-order chi connectivity index (χ1) is 10.7. The highest BCUT2D eigenvalue weighted by Gasteiger charge is 2.24. The Morgan fingerprint density at radius 3 is 2.77 bits per heavy atom. The van der Waals surface area contributed by atoms with E-state index in [9.17, 15) is 9.90 Å². The van der Waals surface area contributed by atoms with Crippen LogP contribution in [0.1, 0.15) is 23.0 Å². The molecule has 1 aliphatic rings. The maximum absolute atomic E-state index is 12.5. The number of nitrogens with zero attached hydrogens (tertiary/aromatic N) is 3. The van der Waals surface area contributed by atoms with Gasteiger partial charge in [-0.05, 0) is 18.1 Å². The minimum Gasteiger partial charge on any atom is -0.504 e. The summed E-state index contributed by atoms with van der Waals surface area (Å²) in [6, 6.07) is 7.85. The summed E-state index contributed by atoms with van der Waals surface area (Å²) in [7, 11) is 0. The lowest BCUT2D eigenvalue weighted by atomic mass is 10.1. The molecule has 0 spiro atoms. The van der Waals surface area contributed by atoms with E-state index in [4.69, 9.17) is 0 Å². The second-order valence-electron chi connectivity index (χ2n) is 5.33. The fourth-order valence-corrected chi connectivity index (χ4v) is 2.69. The summed E-state index contributed by atoms with van der Waals surface area (Å²) in [6.07, 6.45) is 2.36. The largest absolute Gasteiger partial charge is 0.504 e. The lowest BCUT2D eigenvalue weighted by molar-refractivity contribution is 0.0726. The Labute approximate surface area is 129 Å². The number of amides is 1. The molecule has 0 radical (unpaired) electrons. The number of aromatic hydroxyl groups is 1. The van der Waals surface area contributed by atoms with Crippen molar-refractivity contribution in [3.63, 3.8) is 0 Å². The maximum Gasteiger partial charge on any atom is 0.278 e. The number of nitrogens with one attached hydrogen (secondary N) is 1. The molecule has 22 heavy (non-hydrogen) atoms. The number of para-hydroxylation sites is 1. The third-order valence-electron chi connectivity index (χ3n) is 3.92. The van der Waals surface area contributed by atoms with Crippen LogP contribution in [0.4, 0.5) is 0 Å². The number of piperazine rings is 1. The monoisotopic (exact) mass is 300 g/mol. The maximum atomic E-state index is 12.5. The Bertz CT molecular complexity index is 675. The number of aryl methyl sites for hydroxylation is 1. The molecule has 0 atom stereocenters. The first-order valence-corrected chi connectivity index (χ1v) is 7.57. The standard InChI is InChI=1S/C16H20N4O2/c1-2-12-5-3-4-6-13(12)20-11-14(21)15(18-20)16(22)19-9-7-17-8-10-19/h3-6,11,17,21H,2,7-10H2,1H3. The van der Waals surface area contributed by atoms with E-state index in [1.807, 2.05) is 24.3 Å². The molecular weight excluding hydrogens is 280 g/mol. The third kappa shape index (κ3) is 2.69. The van der Waals surface area contributed by atoms with Gasteiger partial charge in [0, 0.05) is 26.2 Å². The molecule has 0 aliphatic carbocycles. The molecule has 6 nitrogen and oxygen atoms in total. The van der Waals surface area contributed by atoms with Gasteiger partial charge < -0.3 is 15.3 Å². The topological polar surface area (TPSA) is 70.4 Å². The highest BCUT2D eigenvalue weighted by molar-refractivity contribution is 5.95. The van der Waals surface area contributed by atoms with Crippen LogP contribution in [-0.2, 0) is 6.42 Å². The van der Waals surface area contributed by atoms with Crippen LogP contribution in [0.25, 0.3) is 5.69 Å². The molecule has 1 aliphatic heterocycles. The average molecular weight is 300 g/mol. The second kappa shape index (κ2) is 6.19. The number of carbonyl (C=O) groups excluding carboxylic acids is 1. The van der Waals surface area contributed by atoms with E-state index < -0.39 is 0 Å². The summed E-state index contributed by atoms with van der Waals surface area (Å²) < 4.78 is 1.59. The van der Waals surface area contributed by atoms with Crippen molar-refractivity contribution in [3.05, 3.63) is 41.7 Å². The molecular formula is C16H20N4O2. The van der Waals surface area contributed by atoms with Crippen LogP contribution < -0.4 is 5.32 Å². The van der Waals surface area contributed by atoms with Gasteiger partial charge in [-0.3, -0.25) is 4.79 Å². The van der Waals surface area contributed by atoms with Crippen LogP contribution >= 0.6 is 0 Å². The van der Waals surface area contributed by atoms with Crippen molar-refractivity contribution in [2.75, 3.05) is 26.2 Å². The van der Waals surface area contributed by atoms with Crippen LogP contribution in [-0.4, -0.2) is 51.9 Å². The van der Waals surface area contributed by atoms with E-state index in [1.54, 1.807) is 9.58 Å². The summed E-state index contributed by atoms with van der Waals surface area (Å²) >= 11 is 0. The van der Waals surface area contributed by atoms with Gasteiger partial charge >= 0.3 is 0 Å². The lowest BCUT2D eigenvalue weighted by Gasteiger charge is -2.26. The second-order valence-corrected chi connectivity index (χ2v) is 5.33. The Morgan fingerprint density at radius 2 is 2.05 bits per heavy atom. The lowest BCUT2D eigenvalue weighted by Crippen LogP contribution is -2.46. The third-order valence-corrected chi connectivity index (χ3v) is 3.92. The van der Waals surface area contributed by atoms with Gasteiger partial charge in [0.2, 0.25) is 0 Å². The first-order valence-electron chi connectivity index (χ1n) is 7.57. The van der Waals surface area contributed by atoms with Crippen LogP contribution in [0.15, 0.2) is 30.5 Å². The van der Waals surface area contributed by atoms with Gasteiger partial charge in [0.05, 0.1) is 11.9 Å². The molecule has 1 aromatic heterocycles. The molecule has 1 fully saturated rings. The van der Waals surface area contributed by atoms with E-state index >= 15 is 0 Å². The van der Waals surface area contributed by atoms with Crippen molar-refractivity contribution in [3.8, 4) is 11.4 Å². The molecule has 2 aromatic rings. The zero-order valence-corrected chi connectivity index (χ0v) is 12.6. The Morgan fingerprint density at radius 1 is 1.32 bits per heavy atom. The molecule has 0 bridgehead atoms. The number of rotatable bonds is 3. The number of aromatic nitrogens is 2. The molecule has 0 unspecified atom stereocenters. The van der Waals surface area contributed by atoms with E-state index in [1.165, 1.54) is 6.20 Å². The van der Waals surface area contributed by atoms with Crippen molar-refractivity contribution in [1.82, 2.24) is 20.0 Å². The van der Waals surface area contributed by atoms with Gasteiger partial charge in [-0.1, -0.05) is 25.1 Å². The number of hydrogen-bond acceptors (Lipinski definition) is 4. The summed E-state index contributed by atoms with van der Waals surface area (Å²) in [6.45, 7) is 4.88. The van der Waals surface area contributed by atoms with Crippen LogP contribution in [0.2, 0.25) is 0 Å². The van der Waals surface area contributed by atoms with E-state index in [0.29, 0.717) is 13.1 Å². The molecule has 0 saturated carbocycles. The molecule has 2 heterocycles. The van der Waals surface area contributed by atoms with Gasteiger partial charge in [0.1, 0.15) is 0 Å². The molecule has 116 valence electrons. The summed E-state index contributed by atoms with van der Waals surface area (Å²) in [5.41, 5.74) is 2.12. The van der Waals surface area contributed by atoms with Gasteiger partial charge in [0.25, 0.3) is 5.91 Å². The number of carbonyl (C=O) groups is 1. The molecule has 2 N–H and O–H groups in total. The quantitative estimate of drug-likeness (QED) is 0.893. The number of benzene rings is 1. The van der Waals surface area contributed by atoms with Crippen molar-refractivity contribution < 1.29 is 9.90 Å². The Kier molecular flexibility index (Phi) is 4.11. The minimum absolute atomic E-state index is 0.0746. The molecule has 6 heteroatoms. The van der Waals surface area contributed by atoms with Gasteiger partial charge in [-0.2, -0.15) is 5.10 Å². The fraction of sp³-hybridized carbons (Fsp3) is 0.375. The van der Waals surface area contributed by atoms with Crippen molar-refractivity contribution in [2.24, 2.45) is 0 Å². The van der Waals surface area contributed by atoms with Gasteiger partial charge in [0.15, 0.2) is 11.4 Å². The fourth-order valence-electron chi connectivity index (χ4n) is 2.69. The number of hydrogen-bond donors (Lipinski definition) is 2. The molecule has 1 aromatic carbocycles. The SMILES string of the molecule is CCc1ccccc1-n1cc(O)c(C(=O)N2CCNCC2)n1. The van der Waals surface area contributed by atoms with Gasteiger partial charge in [-0.25, -0.2) is 4.68 Å². The highest BCUT2D eigenvalue weighted by Crippen LogP contribution is 2.22. The van der Waals surface area contributed by atoms with E-state index in [-0.39, 0.29) is 17.4 Å². The molecule has 1 saturated heterocycles. The smallest absolute Gasteiger partial charge is 0.278 e. The molecule has 1 amide bonds. The van der Waals surface area contributed by atoms with Crippen LogP contribution in [0.5, 0.6) is 5.75 Å². The summed E-state index contributed by atoms with van der Waals surface area (Å²) in [5.74, 6) is -0.291. The van der Waals surface area contributed by atoms with Crippen molar-refractivity contribution in [2.45, 2.75) is 13.3 Å². The summed E-state index contributed by atoms with van der Waals surface area (Å²) in [5, 5.41) is 17.6. The summed E-state index contributed by atoms with van der Waals surface area (Å²) in [4.78, 5) is 14.2. The van der Waals surface area contributed by atoms with Gasteiger partial charge in [-0.15, -0.1) is 0 Å². The predicted molar refractivity (Wildman–Crippen MR) is 83.4 cm³/mol. The van der Waals surface area contributed by atoms with Crippen LogP contribution in [0, 0.1) is 0 Å². The average Bonchev–Trinajstić information content (AvgIpc) is 2.96. The highest BCUT2D eigenvalue weighted by atomic mass is 16.3. The minimum atomic E-state index is -0.216. The van der Waals surface area contributed by atoms with E-state index in [0.717, 1.165) is 30.8 Å². The van der Waals surface area contributed by atoms with Crippen molar-refractivity contribution in [1.29, 1.82) is 0 Å². The normalized spacial score (nSPS) is 15.0. The predicted octanol–water partition coefficient (Wildman–Crippen LogP) is 1.19. The Balaban J connectivity index is 1.92. The van der Waals surface area contributed by atoms with E-state index in [2.05, 4.69) is 17.3 Å². The van der Waals surface area contributed by atoms with Crippen molar-refractivity contribution >= 4 is 5.91 Å². The zero-order chi connectivity index (χ0) is 15.5. The first kappa shape index (κ1) is 14.6. The van der Waals surface area contributed by atoms with Crippen LogP contribution in [0.3, 0.4) is 0 Å². The molecule has 3 rings (SSSR count).